The van der Waals surface area contributed by atoms with Gasteiger partial charge in [-0.3, -0.25) is 4.79 Å². The predicted octanol–water partition coefficient (Wildman–Crippen LogP) is 4.71. The zero-order valence-electron chi connectivity index (χ0n) is 16.8. The molecule has 0 bridgehead atoms. The fourth-order valence-corrected chi connectivity index (χ4v) is 3.16. The molecule has 3 aromatic rings. The lowest BCUT2D eigenvalue weighted by Gasteiger charge is -2.14. The molecule has 6 heteroatoms. The van der Waals surface area contributed by atoms with Gasteiger partial charge < -0.3 is 15.4 Å². The molecular formula is C22H24N4O2. The highest BCUT2D eigenvalue weighted by Gasteiger charge is 2.14. The number of aryl methyl sites for hydroxylation is 4. The van der Waals surface area contributed by atoms with E-state index in [0.29, 0.717) is 23.1 Å². The molecule has 1 heterocycles. The monoisotopic (exact) mass is 376 g/mol. The molecule has 144 valence electrons. The van der Waals surface area contributed by atoms with Gasteiger partial charge in [0.25, 0.3) is 5.91 Å². The van der Waals surface area contributed by atoms with Crippen LogP contribution in [0.25, 0.3) is 0 Å². The third-order valence-electron chi connectivity index (χ3n) is 4.36. The van der Waals surface area contributed by atoms with Crippen LogP contribution in [0.1, 0.15) is 32.9 Å². The zero-order valence-corrected chi connectivity index (χ0v) is 16.8. The summed E-state index contributed by atoms with van der Waals surface area (Å²) < 4.78 is 5.28. The molecule has 0 fully saturated rings. The first kappa shape index (κ1) is 19.4. The highest BCUT2D eigenvalue weighted by molar-refractivity contribution is 6.04. The van der Waals surface area contributed by atoms with Crippen LogP contribution in [0.2, 0.25) is 0 Å². The van der Waals surface area contributed by atoms with E-state index in [2.05, 4.69) is 39.7 Å². The van der Waals surface area contributed by atoms with E-state index < -0.39 is 0 Å². The lowest BCUT2D eigenvalue weighted by molar-refractivity contribution is 0.102. The molecule has 0 saturated carbocycles. The van der Waals surface area contributed by atoms with E-state index in [0.717, 1.165) is 16.8 Å². The van der Waals surface area contributed by atoms with Gasteiger partial charge >= 0.3 is 0 Å². The molecule has 6 nitrogen and oxygen atoms in total. The average molecular weight is 376 g/mol. The molecule has 28 heavy (non-hydrogen) atoms. The van der Waals surface area contributed by atoms with Crippen LogP contribution in [-0.4, -0.2) is 23.0 Å². The van der Waals surface area contributed by atoms with E-state index in [9.17, 15) is 4.79 Å². The molecule has 0 unspecified atom stereocenters. The lowest BCUT2D eigenvalue weighted by Crippen LogP contribution is -2.16. The van der Waals surface area contributed by atoms with Crippen LogP contribution < -0.4 is 15.4 Å². The van der Waals surface area contributed by atoms with Crippen molar-refractivity contribution >= 4 is 23.2 Å². The molecule has 3 rings (SSSR count). The van der Waals surface area contributed by atoms with Crippen molar-refractivity contribution < 1.29 is 9.53 Å². The first-order valence-corrected chi connectivity index (χ1v) is 9.02. The second-order valence-corrected chi connectivity index (χ2v) is 6.77. The standard InChI is InChI=1S/C22H24N4O2/c1-13-10-14(2)20(15(3)11-13)26-22-23-16(4)12-18(25-22)21(27)24-17-8-6-7-9-19(17)28-5/h6-12H,1-5H3,(H,24,27)(H,23,25,26). The molecule has 0 atom stereocenters. The summed E-state index contributed by atoms with van der Waals surface area (Å²) in [4.78, 5) is 21.6. The number of aromatic nitrogens is 2. The summed E-state index contributed by atoms with van der Waals surface area (Å²) in [6.45, 7) is 7.97. The van der Waals surface area contributed by atoms with Crippen LogP contribution >= 0.6 is 0 Å². The molecular weight excluding hydrogens is 352 g/mol. The molecule has 0 aliphatic heterocycles. The SMILES string of the molecule is COc1ccccc1NC(=O)c1cc(C)nc(Nc2c(C)cc(C)cc2C)n1. The summed E-state index contributed by atoms with van der Waals surface area (Å²) in [6, 6.07) is 13.1. The quantitative estimate of drug-likeness (QED) is 0.674. The molecule has 2 N–H and O–H groups in total. The predicted molar refractivity (Wildman–Crippen MR) is 112 cm³/mol. The van der Waals surface area contributed by atoms with Crippen molar-refractivity contribution in [2.75, 3.05) is 17.7 Å². The summed E-state index contributed by atoms with van der Waals surface area (Å²) in [5.41, 5.74) is 5.92. The molecule has 1 aromatic heterocycles. The number of hydrogen-bond acceptors (Lipinski definition) is 5. The van der Waals surface area contributed by atoms with Crippen molar-refractivity contribution in [3.63, 3.8) is 0 Å². The topological polar surface area (TPSA) is 76.1 Å². The molecule has 0 saturated heterocycles. The minimum absolute atomic E-state index is 0.281. The number of para-hydroxylation sites is 2. The number of rotatable bonds is 5. The number of anilines is 3. The van der Waals surface area contributed by atoms with Crippen molar-refractivity contribution in [3.8, 4) is 5.75 Å². The smallest absolute Gasteiger partial charge is 0.274 e. The van der Waals surface area contributed by atoms with E-state index in [4.69, 9.17) is 4.74 Å². The molecule has 2 aromatic carbocycles. The number of carbonyl (C=O) groups is 1. The van der Waals surface area contributed by atoms with Gasteiger partial charge in [0.15, 0.2) is 0 Å². The van der Waals surface area contributed by atoms with Crippen LogP contribution in [0.3, 0.4) is 0 Å². The van der Waals surface area contributed by atoms with E-state index in [-0.39, 0.29) is 11.6 Å². The Bertz CT molecular complexity index is 1010. The number of ether oxygens (including phenoxy) is 1. The van der Waals surface area contributed by atoms with Gasteiger partial charge in [-0.05, 0) is 57.0 Å². The van der Waals surface area contributed by atoms with Crippen molar-refractivity contribution in [2.24, 2.45) is 0 Å². The van der Waals surface area contributed by atoms with Gasteiger partial charge in [0.2, 0.25) is 5.95 Å². The Morgan fingerprint density at radius 3 is 2.32 bits per heavy atom. The maximum Gasteiger partial charge on any atom is 0.274 e. The van der Waals surface area contributed by atoms with Crippen LogP contribution in [0.15, 0.2) is 42.5 Å². The van der Waals surface area contributed by atoms with Gasteiger partial charge in [0.05, 0.1) is 12.8 Å². The molecule has 0 aliphatic carbocycles. The molecule has 0 spiro atoms. The number of methoxy groups -OCH3 is 1. The minimum atomic E-state index is -0.324. The summed E-state index contributed by atoms with van der Waals surface area (Å²) >= 11 is 0. The largest absolute Gasteiger partial charge is 0.495 e. The second kappa shape index (κ2) is 8.08. The summed E-state index contributed by atoms with van der Waals surface area (Å²) in [6.07, 6.45) is 0. The highest BCUT2D eigenvalue weighted by Crippen LogP contribution is 2.26. The number of hydrogen-bond donors (Lipinski definition) is 2. The van der Waals surface area contributed by atoms with Crippen LogP contribution in [0.4, 0.5) is 17.3 Å². The number of nitrogens with one attached hydrogen (secondary N) is 2. The highest BCUT2D eigenvalue weighted by atomic mass is 16.5. The number of benzene rings is 2. The molecule has 0 radical (unpaired) electrons. The van der Waals surface area contributed by atoms with Crippen LogP contribution in [-0.2, 0) is 0 Å². The zero-order chi connectivity index (χ0) is 20.3. The third kappa shape index (κ3) is 4.28. The van der Waals surface area contributed by atoms with Gasteiger partial charge in [-0.15, -0.1) is 0 Å². The van der Waals surface area contributed by atoms with Gasteiger partial charge in [0, 0.05) is 11.4 Å². The molecule has 0 aliphatic rings. The maximum absolute atomic E-state index is 12.7. The first-order chi connectivity index (χ1) is 13.4. The van der Waals surface area contributed by atoms with Gasteiger partial charge in [-0.25, -0.2) is 9.97 Å². The van der Waals surface area contributed by atoms with Crippen LogP contribution in [0.5, 0.6) is 5.75 Å². The lowest BCUT2D eigenvalue weighted by atomic mass is 10.1. The van der Waals surface area contributed by atoms with Crippen molar-refractivity contribution in [1.82, 2.24) is 9.97 Å². The Kier molecular flexibility index (Phi) is 5.59. The summed E-state index contributed by atoms with van der Waals surface area (Å²) in [7, 11) is 1.56. The fraction of sp³-hybridized carbons (Fsp3) is 0.227. The van der Waals surface area contributed by atoms with Gasteiger partial charge in [0.1, 0.15) is 11.4 Å². The van der Waals surface area contributed by atoms with Crippen molar-refractivity contribution in [1.29, 1.82) is 0 Å². The van der Waals surface area contributed by atoms with E-state index in [1.54, 1.807) is 25.3 Å². The summed E-state index contributed by atoms with van der Waals surface area (Å²) in [5.74, 6) is 0.654. The second-order valence-electron chi connectivity index (χ2n) is 6.77. The normalized spacial score (nSPS) is 10.5. The number of nitrogens with zero attached hydrogens (tertiary/aromatic N) is 2. The van der Waals surface area contributed by atoms with Gasteiger partial charge in [-0.2, -0.15) is 0 Å². The van der Waals surface area contributed by atoms with E-state index in [1.165, 1.54) is 5.56 Å². The maximum atomic E-state index is 12.7. The first-order valence-electron chi connectivity index (χ1n) is 9.02. The Morgan fingerprint density at radius 1 is 0.964 bits per heavy atom. The number of amides is 1. The summed E-state index contributed by atoms with van der Waals surface area (Å²) in [5, 5.41) is 6.11. The Hall–Kier alpha value is -3.41. The Morgan fingerprint density at radius 2 is 1.64 bits per heavy atom. The average Bonchev–Trinajstić information content (AvgIpc) is 2.64. The van der Waals surface area contributed by atoms with E-state index >= 15 is 0 Å². The van der Waals surface area contributed by atoms with Crippen molar-refractivity contribution in [2.45, 2.75) is 27.7 Å². The van der Waals surface area contributed by atoms with Gasteiger partial charge in [-0.1, -0.05) is 29.8 Å². The third-order valence-corrected chi connectivity index (χ3v) is 4.36. The molecule has 1 amide bonds. The Labute approximate surface area is 165 Å². The fourth-order valence-electron chi connectivity index (χ4n) is 3.16. The van der Waals surface area contributed by atoms with E-state index in [1.807, 2.05) is 32.9 Å². The number of carbonyl (C=O) groups excluding carboxylic acids is 1. The minimum Gasteiger partial charge on any atom is -0.495 e. The Balaban J connectivity index is 1.88. The van der Waals surface area contributed by atoms with Crippen LogP contribution in [0, 0.1) is 27.7 Å². The van der Waals surface area contributed by atoms with Crippen molar-refractivity contribution in [3.05, 3.63) is 70.5 Å².